The van der Waals surface area contributed by atoms with Crippen molar-refractivity contribution < 1.29 is 4.79 Å². The van der Waals surface area contributed by atoms with Crippen molar-refractivity contribution in [3.8, 4) is 0 Å². The van der Waals surface area contributed by atoms with Crippen LogP contribution in [0.5, 0.6) is 0 Å². The Hall–Kier alpha value is -1.69. The van der Waals surface area contributed by atoms with E-state index < -0.39 is 0 Å². The van der Waals surface area contributed by atoms with Crippen LogP contribution in [0.4, 0.5) is 0 Å². The standard InChI is InChI=1S/C14H15BrN4O/c1-9-13(14(20)18-17-11-4-2-3-5-11)19-8-10(15)6-7-12(19)16-9/h6-8H,2-5H2,1H3,(H,18,20). The molecule has 1 aliphatic carbocycles. The number of fused-ring (bicyclic) bond motifs is 1. The fourth-order valence-electron chi connectivity index (χ4n) is 2.49. The van der Waals surface area contributed by atoms with Gasteiger partial charge in [-0.05, 0) is 60.7 Å². The summed E-state index contributed by atoms with van der Waals surface area (Å²) in [5.74, 6) is -0.215. The number of aryl methyl sites for hydroxylation is 1. The first kappa shape index (κ1) is 13.3. The summed E-state index contributed by atoms with van der Waals surface area (Å²) >= 11 is 3.41. The van der Waals surface area contributed by atoms with Crippen molar-refractivity contribution >= 4 is 33.2 Å². The lowest BCUT2D eigenvalue weighted by Crippen LogP contribution is -2.21. The maximum absolute atomic E-state index is 12.3. The van der Waals surface area contributed by atoms with Gasteiger partial charge in [-0.25, -0.2) is 10.4 Å². The van der Waals surface area contributed by atoms with Crippen molar-refractivity contribution in [2.24, 2.45) is 5.10 Å². The molecule has 6 heteroatoms. The van der Waals surface area contributed by atoms with Crippen molar-refractivity contribution in [2.75, 3.05) is 0 Å². The molecule has 5 nitrogen and oxygen atoms in total. The van der Waals surface area contributed by atoms with Crippen LogP contribution in [-0.4, -0.2) is 21.0 Å². The fourth-order valence-corrected chi connectivity index (χ4v) is 2.82. The van der Waals surface area contributed by atoms with Gasteiger partial charge in [-0.3, -0.25) is 9.20 Å². The van der Waals surface area contributed by atoms with Crippen LogP contribution in [0, 0.1) is 6.92 Å². The zero-order chi connectivity index (χ0) is 14.1. The van der Waals surface area contributed by atoms with Gasteiger partial charge in [0.1, 0.15) is 11.3 Å². The third-order valence-electron chi connectivity index (χ3n) is 3.47. The first-order valence-electron chi connectivity index (χ1n) is 6.65. The number of nitrogens with one attached hydrogen (secondary N) is 1. The molecule has 104 valence electrons. The molecule has 0 bridgehead atoms. The molecule has 1 amide bonds. The minimum atomic E-state index is -0.215. The van der Waals surface area contributed by atoms with Gasteiger partial charge in [0.25, 0.3) is 5.91 Å². The normalized spacial score (nSPS) is 14.8. The number of halogens is 1. The van der Waals surface area contributed by atoms with Gasteiger partial charge >= 0.3 is 0 Å². The average molecular weight is 335 g/mol. The van der Waals surface area contributed by atoms with Crippen LogP contribution in [0.25, 0.3) is 5.65 Å². The van der Waals surface area contributed by atoms with Crippen molar-refractivity contribution in [3.05, 3.63) is 34.2 Å². The molecule has 2 heterocycles. The Balaban J connectivity index is 1.92. The molecule has 1 N–H and O–H groups in total. The molecule has 0 aliphatic heterocycles. The number of pyridine rings is 1. The van der Waals surface area contributed by atoms with Gasteiger partial charge in [0, 0.05) is 16.4 Å². The summed E-state index contributed by atoms with van der Waals surface area (Å²) in [5, 5.41) is 4.21. The first-order chi connectivity index (χ1) is 9.65. The Labute approximate surface area is 125 Å². The highest BCUT2D eigenvalue weighted by Gasteiger charge is 2.17. The average Bonchev–Trinajstić information content (AvgIpc) is 3.02. The van der Waals surface area contributed by atoms with Gasteiger partial charge in [0.05, 0.1) is 5.69 Å². The van der Waals surface area contributed by atoms with Crippen LogP contribution < -0.4 is 5.43 Å². The lowest BCUT2D eigenvalue weighted by molar-refractivity contribution is 0.0948. The molecule has 2 aromatic rings. The second-order valence-electron chi connectivity index (χ2n) is 4.95. The number of nitrogens with zero attached hydrogens (tertiary/aromatic N) is 3. The number of rotatable bonds is 2. The van der Waals surface area contributed by atoms with E-state index in [-0.39, 0.29) is 5.91 Å². The SMILES string of the molecule is Cc1nc2ccc(Br)cn2c1C(=O)NN=C1CCCC1. The predicted octanol–water partition coefficient (Wildman–Crippen LogP) is 3.07. The molecule has 0 unspecified atom stereocenters. The first-order valence-corrected chi connectivity index (χ1v) is 7.44. The van der Waals surface area contributed by atoms with E-state index in [9.17, 15) is 4.79 Å². The van der Waals surface area contributed by atoms with Gasteiger partial charge in [0.15, 0.2) is 0 Å². The van der Waals surface area contributed by atoms with E-state index in [2.05, 4.69) is 31.4 Å². The largest absolute Gasteiger partial charge is 0.294 e. The Morgan fingerprint density at radius 3 is 2.90 bits per heavy atom. The number of hydrogen-bond acceptors (Lipinski definition) is 3. The topological polar surface area (TPSA) is 58.8 Å². The van der Waals surface area contributed by atoms with E-state index in [1.54, 1.807) is 4.40 Å². The number of carbonyl (C=O) groups is 1. The maximum Gasteiger partial charge on any atom is 0.290 e. The van der Waals surface area contributed by atoms with Crippen LogP contribution in [0.1, 0.15) is 41.9 Å². The molecule has 20 heavy (non-hydrogen) atoms. The summed E-state index contributed by atoms with van der Waals surface area (Å²) in [4.78, 5) is 16.7. The van der Waals surface area contributed by atoms with Gasteiger partial charge in [-0.15, -0.1) is 0 Å². The molecule has 1 fully saturated rings. The van der Waals surface area contributed by atoms with Crippen molar-refractivity contribution in [2.45, 2.75) is 32.6 Å². The van der Waals surface area contributed by atoms with E-state index >= 15 is 0 Å². The summed E-state index contributed by atoms with van der Waals surface area (Å²) in [6.45, 7) is 1.83. The number of hydrogen-bond donors (Lipinski definition) is 1. The summed E-state index contributed by atoms with van der Waals surface area (Å²) in [6, 6.07) is 3.78. The smallest absolute Gasteiger partial charge is 0.290 e. The molecular weight excluding hydrogens is 320 g/mol. The molecule has 0 atom stereocenters. The number of aromatic nitrogens is 2. The van der Waals surface area contributed by atoms with Crippen LogP contribution >= 0.6 is 15.9 Å². The molecule has 1 aliphatic rings. The zero-order valence-electron chi connectivity index (χ0n) is 11.2. The van der Waals surface area contributed by atoms with E-state index in [0.29, 0.717) is 11.4 Å². The van der Waals surface area contributed by atoms with Crippen molar-refractivity contribution in [3.63, 3.8) is 0 Å². The van der Waals surface area contributed by atoms with Crippen LogP contribution in [0.15, 0.2) is 27.9 Å². The molecule has 3 rings (SSSR count). The van der Waals surface area contributed by atoms with Crippen LogP contribution in [-0.2, 0) is 0 Å². The second-order valence-corrected chi connectivity index (χ2v) is 5.86. The quantitative estimate of drug-likeness (QED) is 0.858. The van der Waals surface area contributed by atoms with Gasteiger partial charge < -0.3 is 0 Å². The van der Waals surface area contributed by atoms with Gasteiger partial charge in [-0.1, -0.05) is 0 Å². The van der Waals surface area contributed by atoms with Gasteiger partial charge in [-0.2, -0.15) is 5.10 Å². The van der Waals surface area contributed by atoms with Crippen molar-refractivity contribution in [1.82, 2.24) is 14.8 Å². The summed E-state index contributed by atoms with van der Waals surface area (Å²) < 4.78 is 2.68. The Bertz CT molecular complexity index is 697. The van der Waals surface area contributed by atoms with E-state index in [0.717, 1.165) is 41.5 Å². The Morgan fingerprint density at radius 2 is 2.15 bits per heavy atom. The fraction of sp³-hybridized carbons (Fsp3) is 0.357. The number of hydrazone groups is 1. The van der Waals surface area contributed by atoms with Gasteiger partial charge in [0.2, 0.25) is 0 Å². The maximum atomic E-state index is 12.3. The van der Waals surface area contributed by atoms with Crippen LogP contribution in [0.2, 0.25) is 0 Å². The Morgan fingerprint density at radius 1 is 1.40 bits per heavy atom. The van der Waals surface area contributed by atoms with Crippen molar-refractivity contribution in [1.29, 1.82) is 0 Å². The number of amides is 1. The molecular formula is C14H15BrN4O. The lowest BCUT2D eigenvalue weighted by atomic mass is 10.3. The molecule has 2 aromatic heterocycles. The molecule has 0 radical (unpaired) electrons. The summed E-state index contributed by atoms with van der Waals surface area (Å²) in [7, 11) is 0. The zero-order valence-corrected chi connectivity index (χ0v) is 12.8. The Kier molecular flexibility index (Phi) is 3.56. The highest BCUT2D eigenvalue weighted by molar-refractivity contribution is 9.10. The predicted molar refractivity (Wildman–Crippen MR) is 81.0 cm³/mol. The lowest BCUT2D eigenvalue weighted by Gasteiger charge is -2.03. The molecule has 1 saturated carbocycles. The molecule has 0 saturated heterocycles. The highest BCUT2D eigenvalue weighted by atomic mass is 79.9. The van der Waals surface area contributed by atoms with E-state index in [1.807, 2.05) is 25.3 Å². The number of carbonyl (C=O) groups excluding carboxylic acids is 1. The molecule has 0 aromatic carbocycles. The number of imidazole rings is 1. The van der Waals surface area contributed by atoms with E-state index in [1.165, 1.54) is 0 Å². The minimum Gasteiger partial charge on any atom is -0.294 e. The summed E-state index contributed by atoms with van der Waals surface area (Å²) in [5.41, 5.74) is 5.71. The van der Waals surface area contributed by atoms with Crippen LogP contribution in [0.3, 0.4) is 0 Å². The van der Waals surface area contributed by atoms with E-state index in [4.69, 9.17) is 0 Å². The third kappa shape index (κ3) is 2.47. The summed E-state index contributed by atoms with van der Waals surface area (Å²) in [6.07, 6.45) is 6.13. The monoisotopic (exact) mass is 334 g/mol. The second kappa shape index (κ2) is 5.36. The highest BCUT2D eigenvalue weighted by Crippen LogP contribution is 2.17. The molecule has 0 spiro atoms. The third-order valence-corrected chi connectivity index (χ3v) is 3.94. The minimum absolute atomic E-state index is 0.215.